The summed E-state index contributed by atoms with van der Waals surface area (Å²) >= 11 is 0. The number of carbonyl (C=O) groups excluding carboxylic acids is 2. The van der Waals surface area contributed by atoms with E-state index < -0.39 is 0 Å². The highest BCUT2D eigenvalue weighted by atomic mass is 16.6. The van der Waals surface area contributed by atoms with E-state index in [1.54, 1.807) is 12.1 Å². The molecule has 0 fully saturated rings. The SMILES string of the molecule is Cc1ccc(C2=C(Nc3ccc4c(c3)OCCO4)C(=O)N(c3cc(C)ccc3C)C2=O)c(C)c1. The second kappa shape index (κ2) is 8.37. The van der Waals surface area contributed by atoms with Gasteiger partial charge in [0.15, 0.2) is 11.5 Å². The molecule has 34 heavy (non-hydrogen) atoms. The number of anilines is 2. The minimum atomic E-state index is -0.386. The largest absolute Gasteiger partial charge is 0.486 e. The van der Waals surface area contributed by atoms with E-state index in [0.717, 1.165) is 27.8 Å². The number of carbonyl (C=O) groups is 2. The second-order valence-corrected chi connectivity index (χ2v) is 8.79. The molecule has 0 spiro atoms. The highest BCUT2D eigenvalue weighted by molar-refractivity contribution is 6.46. The average Bonchev–Trinajstić information content (AvgIpc) is 3.05. The molecule has 0 unspecified atom stereocenters. The van der Waals surface area contributed by atoms with Crippen LogP contribution in [0, 0.1) is 27.7 Å². The monoisotopic (exact) mass is 454 g/mol. The fraction of sp³-hybridized carbons (Fsp3) is 0.214. The third kappa shape index (κ3) is 3.71. The van der Waals surface area contributed by atoms with Gasteiger partial charge in [-0.3, -0.25) is 9.59 Å². The van der Waals surface area contributed by atoms with Crippen molar-refractivity contribution in [3.05, 3.63) is 88.1 Å². The topological polar surface area (TPSA) is 67.9 Å². The zero-order valence-corrected chi connectivity index (χ0v) is 19.7. The summed E-state index contributed by atoms with van der Waals surface area (Å²) in [5.74, 6) is 0.536. The molecule has 6 heteroatoms. The van der Waals surface area contributed by atoms with Crippen molar-refractivity contribution in [3.8, 4) is 11.5 Å². The van der Waals surface area contributed by atoms with Crippen molar-refractivity contribution in [2.45, 2.75) is 27.7 Å². The Morgan fingerprint density at radius 1 is 0.735 bits per heavy atom. The molecular weight excluding hydrogens is 428 g/mol. The summed E-state index contributed by atoms with van der Waals surface area (Å²) in [6.45, 7) is 8.77. The summed E-state index contributed by atoms with van der Waals surface area (Å²) in [4.78, 5) is 28.9. The molecule has 3 aromatic carbocycles. The molecule has 0 aromatic heterocycles. The van der Waals surface area contributed by atoms with Crippen LogP contribution < -0.4 is 19.7 Å². The molecule has 2 aliphatic rings. The number of amides is 2. The molecule has 0 aliphatic carbocycles. The van der Waals surface area contributed by atoms with Gasteiger partial charge in [-0.15, -0.1) is 0 Å². The first-order valence-electron chi connectivity index (χ1n) is 11.3. The van der Waals surface area contributed by atoms with Crippen LogP contribution in [0.25, 0.3) is 5.57 Å². The first kappa shape index (κ1) is 21.8. The number of hydrogen-bond acceptors (Lipinski definition) is 5. The van der Waals surface area contributed by atoms with Gasteiger partial charge in [0.1, 0.15) is 18.9 Å². The zero-order valence-electron chi connectivity index (χ0n) is 19.7. The number of imide groups is 1. The predicted octanol–water partition coefficient (Wildman–Crippen LogP) is 5.09. The van der Waals surface area contributed by atoms with Crippen LogP contribution >= 0.6 is 0 Å². The molecule has 0 saturated heterocycles. The number of ether oxygens (including phenoxy) is 2. The lowest BCUT2D eigenvalue weighted by Gasteiger charge is -2.20. The van der Waals surface area contributed by atoms with Crippen molar-refractivity contribution < 1.29 is 19.1 Å². The summed E-state index contributed by atoms with van der Waals surface area (Å²) in [5, 5.41) is 3.23. The smallest absolute Gasteiger partial charge is 0.282 e. The molecule has 5 rings (SSSR count). The quantitative estimate of drug-likeness (QED) is 0.557. The maximum atomic E-state index is 13.8. The molecule has 0 atom stereocenters. The molecule has 2 heterocycles. The minimum Gasteiger partial charge on any atom is -0.486 e. The van der Waals surface area contributed by atoms with Crippen molar-refractivity contribution in [1.29, 1.82) is 0 Å². The third-order valence-corrected chi connectivity index (χ3v) is 6.15. The van der Waals surface area contributed by atoms with Crippen molar-refractivity contribution >= 4 is 28.8 Å². The Morgan fingerprint density at radius 3 is 2.21 bits per heavy atom. The van der Waals surface area contributed by atoms with Gasteiger partial charge in [-0.05, 0) is 68.1 Å². The summed E-state index contributed by atoms with van der Waals surface area (Å²) in [6, 6.07) is 17.1. The van der Waals surface area contributed by atoms with Gasteiger partial charge >= 0.3 is 0 Å². The van der Waals surface area contributed by atoms with E-state index in [4.69, 9.17) is 9.47 Å². The van der Waals surface area contributed by atoms with Crippen LogP contribution in [0.15, 0.2) is 60.3 Å². The first-order chi connectivity index (χ1) is 16.3. The highest BCUT2D eigenvalue weighted by Gasteiger charge is 2.41. The van der Waals surface area contributed by atoms with Gasteiger partial charge in [-0.25, -0.2) is 4.90 Å². The number of hydrogen-bond donors (Lipinski definition) is 1. The fourth-order valence-electron chi connectivity index (χ4n) is 4.43. The van der Waals surface area contributed by atoms with E-state index in [1.165, 1.54) is 4.90 Å². The number of fused-ring (bicyclic) bond motifs is 1. The number of nitrogens with one attached hydrogen (secondary N) is 1. The van der Waals surface area contributed by atoms with Gasteiger partial charge in [-0.2, -0.15) is 0 Å². The maximum Gasteiger partial charge on any atom is 0.282 e. The second-order valence-electron chi connectivity index (χ2n) is 8.79. The van der Waals surface area contributed by atoms with E-state index in [2.05, 4.69) is 5.32 Å². The van der Waals surface area contributed by atoms with Crippen molar-refractivity contribution in [3.63, 3.8) is 0 Å². The van der Waals surface area contributed by atoms with Gasteiger partial charge in [-0.1, -0.05) is 35.9 Å². The molecule has 3 aromatic rings. The Bertz CT molecular complexity index is 1370. The highest BCUT2D eigenvalue weighted by Crippen LogP contribution is 2.38. The molecule has 0 radical (unpaired) electrons. The molecular formula is C28H26N2O4. The van der Waals surface area contributed by atoms with Crippen molar-refractivity contribution in [2.24, 2.45) is 0 Å². The Kier molecular flexibility index (Phi) is 5.36. The van der Waals surface area contributed by atoms with E-state index in [0.29, 0.717) is 41.7 Å². The van der Waals surface area contributed by atoms with E-state index in [9.17, 15) is 9.59 Å². The van der Waals surface area contributed by atoms with Crippen LogP contribution in [-0.2, 0) is 9.59 Å². The lowest BCUT2D eigenvalue weighted by atomic mass is 9.97. The number of nitrogens with zero attached hydrogens (tertiary/aromatic N) is 1. The van der Waals surface area contributed by atoms with Gasteiger partial charge < -0.3 is 14.8 Å². The van der Waals surface area contributed by atoms with Crippen LogP contribution in [0.3, 0.4) is 0 Å². The molecule has 0 bridgehead atoms. The number of aryl methyl sites for hydroxylation is 4. The minimum absolute atomic E-state index is 0.245. The first-order valence-corrected chi connectivity index (χ1v) is 11.3. The molecule has 172 valence electrons. The fourth-order valence-corrected chi connectivity index (χ4v) is 4.43. The third-order valence-electron chi connectivity index (χ3n) is 6.15. The summed E-state index contributed by atoms with van der Waals surface area (Å²) < 4.78 is 11.3. The molecule has 2 aliphatic heterocycles. The summed E-state index contributed by atoms with van der Waals surface area (Å²) in [5.41, 5.74) is 6.42. The molecule has 2 amide bonds. The van der Waals surface area contributed by atoms with Crippen LogP contribution in [-0.4, -0.2) is 25.0 Å². The van der Waals surface area contributed by atoms with E-state index in [1.807, 2.05) is 70.2 Å². The Labute approximate surface area is 198 Å². The molecule has 1 N–H and O–H groups in total. The predicted molar refractivity (Wildman–Crippen MR) is 132 cm³/mol. The maximum absolute atomic E-state index is 13.8. The average molecular weight is 455 g/mol. The lowest BCUT2D eigenvalue weighted by molar-refractivity contribution is -0.120. The van der Waals surface area contributed by atoms with Crippen molar-refractivity contribution in [1.82, 2.24) is 0 Å². The number of benzene rings is 3. The Balaban J connectivity index is 1.63. The molecule has 0 saturated carbocycles. The van der Waals surface area contributed by atoms with Crippen LogP contribution in [0.1, 0.15) is 27.8 Å². The van der Waals surface area contributed by atoms with Crippen molar-refractivity contribution in [2.75, 3.05) is 23.4 Å². The van der Waals surface area contributed by atoms with E-state index in [-0.39, 0.29) is 17.5 Å². The van der Waals surface area contributed by atoms with Gasteiger partial charge in [0.25, 0.3) is 11.8 Å². The van der Waals surface area contributed by atoms with Crippen LogP contribution in [0.4, 0.5) is 11.4 Å². The van der Waals surface area contributed by atoms with Gasteiger partial charge in [0, 0.05) is 11.8 Å². The normalized spacial score (nSPS) is 15.2. The number of rotatable bonds is 4. The van der Waals surface area contributed by atoms with Crippen LogP contribution in [0.5, 0.6) is 11.5 Å². The summed E-state index contributed by atoms with van der Waals surface area (Å²) in [6.07, 6.45) is 0. The summed E-state index contributed by atoms with van der Waals surface area (Å²) in [7, 11) is 0. The van der Waals surface area contributed by atoms with E-state index >= 15 is 0 Å². The van der Waals surface area contributed by atoms with Gasteiger partial charge in [0.05, 0.1) is 11.3 Å². The standard InChI is InChI=1S/C28H26N2O4/c1-16-6-9-21(19(4)13-16)25-26(29-20-8-10-23-24(15-20)34-12-11-33-23)28(32)30(27(25)31)22-14-17(2)5-7-18(22)3/h5-10,13-15,29H,11-12H2,1-4H3. The van der Waals surface area contributed by atoms with Gasteiger partial charge in [0.2, 0.25) is 0 Å². The van der Waals surface area contributed by atoms with Crippen LogP contribution in [0.2, 0.25) is 0 Å². The Hall–Kier alpha value is -4.06. The zero-order chi connectivity index (χ0) is 24.0. The lowest BCUT2D eigenvalue weighted by Crippen LogP contribution is -2.33. The molecule has 6 nitrogen and oxygen atoms in total. The Morgan fingerprint density at radius 2 is 1.44 bits per heavy atom.